The van der Waals surface area contributed by atoms with Gasteiger partial charge in [0.15, 0.2) is 0 Å². The molecule has 3 aliphatic heterocycles. The zero-order chi connectivity index (χ0) is 22.5. The smallest absolute Gasteiger partial charge is 0.245 e. The number of benzene rings is 2. The Kier molecular flexibility index (Phi) is 5.17. The highest BCUT2D eigenvalue weighted by atomic mass is 32.2. The molecule has 3 heterocycles. The Morgan fingerprint density at radius 3 is 2.62 bits per heavy atom. The molecule has 2 aromatic rings. The molecule has 168 valence electrons. The van der Waals surface area contributed by atoms with Crippen molar-refractivity contribution in [1.82, 2.24) is 4.31 Å². The molecule has 5 rings (SSSR count). The lowest BCUT2D eigenvalue weighted by atomic mass is 10.1. The van der Waals surface area contributed by atoms with Gasteiger partial charge in [0.25, 0.3) is 0 Å². The summed E-state index contributed by atoms with van der Waals surface area (Å²) in [6.07, 6.45) is 1.89. The molecule has 32 heavy (non-hydrogen) atoms. The number of anilines is 2. The van der Waals surface area contributed by atoms with E-state index in [1.54, 1.807) is 11.0 Å². The average molecular weight is 456 g/mol. The fourth-order valence-corrected chi connectivity index (χ4v) is 6.51. The quantitative estimate of drug-likeness (QED) is 0.708. The van der Waals surface area contributed by atoms with Gasteiger partial charge in [-0.25, -0.2) is 8.42 Å². The van der Waals surface area contributed by atoms with E-state index in [0.717, 1.165) is 17.7 Å². The molecule has 0 saturated carbocycles. The fourth-order valence-electron chi connectivity index (χ4n) is 4.84. The summed E-state index contributed by atoms with van der Waals surface area (Å²) in [5.74, 6) is 0.127. The van der Waals surface area contributed by atoms with Gasteiger partial charge in [-0.3, -0.25) is 9.59 Å². The molecular weight excluding hydrogens is 430 g/mol. The van der Waals surface area contributed by atoms with Gasteiger partial charge in [0.05, 0.1) is 17.1 Å². The van der Waals surface area contributed by atoms with Gasteiger partial charge in [-0.2, -0.15) is 4.31 Å². The van der Waals surface area contributed by atoms with Gasteiger partial charge < -0.3 is 14.5 Å². The van der Waals surface area contributed by atoms with E-state index < -0.39 is 16.1 Å². The maximum Gasteiger partial charge on any atom is 0.245 e. The topological polar surface area (TPSA) is 87.2 Å². The molecule has 0 bridgehead atoms. The van der Waals surface area contributed by atoms with Crippen LogP contribution in [0.3, 0.4) is 0 Å². The summed E-state index contributed by atoms with van der Waals surface area (Å²) in [5, 5.41) is 0. The van der Waals surface area contributed by atoms with Crippen LogP contribution in [0, 0.1) is 0 Å². The van der Waals surface area contributed by atoms with Crippen molar-refractivity contribution < 1.29 is 22.7 Å². The van der Waals surface area contributed by atoms with Crippen LogP contribution in [-0.2, 0) is 26.0 Å². The number of nitrogens with zero attached hydrogens (tertiary/aromatic N) is 3. The lowest BCUT2D eigenvalue weighted by Crippen LogP contribution is -2.47. The molecule has 0 radical (unpaired) electrons. The van der Waals surface area contributed by atoms with Crippen LogP contribution in [0.2, 0.25) is 0 Å². The maximum atomic E-state index is 13.6. The number of sulfonamides is 1. The molecule has 0 N–H and O–H groups in total. The van der Waals surface area contributed by atoms with Crippen molar-refractivity contribution in [3.63, 3.8) is 0 Å². The predicted octanol–water partition coefficient (Wildman–Crippen LogP) is 2.17. The first-order valence-electron chi connectivity index (χ1n) is 10.8. The highest BCUT2D eigenvalue weighted by molar-refractivity contribution is 7.89. The second-order valence-electron chi connectivity index (χ2n) is 8.29. The minimum Gasteiger partial charge on any atom is -0.490 e. The van der Waals surface area contributed by atoms with E-state index >= 15 is 0 Å². The fraction of sp³-hybridized carbons (Fsp3) is 0.391. The van der Waals surface area contributed by atoms with E-state index in [9.17, 15) is 18.0 Å². The highest BCUT2D eigenvalue weighted by Gasteiger charge is 2.43. The van der Waals surface area contributed by atoms with Crippen molar-refractivity contribution in [2.45, 2.75) is 37.1 Å². The number of carbonyl (C=O) groups excluding carboxylic acids is 2. The first-order chi connectivity index (χ1) is 15.4. The minimum absolute atomic E-state index is 0.0644. The lowest BCUT2D eigenvalue weighted by Gasteiger charge is -2.30. The minimum atomic E-state index is -3.93. The molecule has 1 fully saturated rings. The SMILES string of the molecule is CC(=O)N1CCOc2ccc(S(=O)(=O)N3CCC[C@H]3C(=O)N3CCc4ccccc43)cc21. The van der Waals surface area contributed by atoms with Crippen LogP contribution >= 0.6 is 0 Å². The lowest BCUT2D eigenvalue weighted by molar-refractivity contribution is -0.121. The number of hydrogen-bond acceptors (Lipinski definition) is 5. The number of rotatable bonds is 3. The molecule has 1 atom stereocenters. The molecule has 3 aliphatic rings. The zero-order valence-corrected chi connectivity index (χ0v) is 18.7. The molecule has 0 aliphatic carbocycles. The number of para-hydroxylation sites is 1. The largest absolute Gasteiger partial charge is 0.490 e. The van der Waals surface area contributed by atoms with Crippen LogP contribution in [0.25, 0.3) is 0 Å². The van der Waals surface area contributed by atoms with E-state index in [4.69, 9.17) is 4.74 Å². The Labute approximate surface area is 187 Å². The van der Waals surface area contributed by atoms with Crippen LogP contribution in [0.1, 0.15) is 25.3 Å². The Bertz CT molecular complexity index is 1200. The first kappa shape index (κ1) is 21.0. The monoisotopic (exact) mass is 455 g/mol. The van der Waals surface area contributed by atoms with Crippen LogP contribution in [-0.4, -0.2) is 56.8 Å². The number of hydrogen-bond donors (Lipinski definition) is 0. The van der Waals surface area contributed by atoms with Crippen molar-refractivity contribution in [2.75, 3.05) is 36.0 Å². The summed E-state index contributed by atoms with van der Waals surface area (Å²) in [6.45, 7) is 3.02. The molecule has 0 aromatic heterocycles. The van der Waals surface area contributed by atoms with Gasteiger partial charge in [-0.1, -0.05) is 18.2 Å². The standard InChI is InChI=1S/C23H25N3O5S/c1-16(27)24-13-14-31-22-9-8-18(15-21(22)24)32(29,30)26-11-4-7-20(26)23(28)25-12-10-17-5-2-3-6-19(17)25/h2-3,5-6,8-9,15,20H,4,7,10-14H2,1H3/t20-/m0/s1. The molecule has 0 spiro atoms. The van der Waals surface area contributed by atoms with Gasteiger partial charge in [0, 0.05) is 25.7 Å². The maximum absolute atomic E-state index is 13.6. The summed E-state index contributed by atoms with van der Waals surface area (Å²) in [6, 6.07) is 11.6. The number of fused-ring (bicyclic) bond motifs is 2. The van der Waals surface area contributed by atoms with E-state index in [1.807, 2.05) is 24.3 Å². The highest BCUT2D eigenvalue weighted by Crippen LogP contribution is 2.37. The van der Waals surface area contributed by atoms with Crippen molar-refractivity contribution in [1.29, 1.82) is 0 Å². The molecule has 8 nitrogen and oxygen atoms in total. The summed E-state index contributed by atoms with van der Waals surface area (Å²) in [7, 11) is -3.93. The third kappa shape index (κ3) is 3.36. The first-order valence-corrected chi connectivity index (χ1v) is 12.3. The summed E-state index contributed by atoms with van der Waals surface area (Å²) in [4.78, 5) is 28.7. The third-order valence-corrected chi connectivity index (χ3v) is 8.33. The Morgan fingerprint density at radius 2 is 1.81 bits per heavy atom. The second-order valence-corrected chi connectivity index (χ2v) is 10.2. The van der Waals surface area contributed by atoms with Gasteiger partial charge >= 0.3 is 0 Å². The molecule has 2 amide bonds. The van der Waals surface area contributed by atoms with Crippen LogP contribution < -0.4 is 14.5 Å². The van der Waals surface area contributed by atoms with E-state index in [-0.39, 0.29) is 23.3 Å². The van der Waals surface area contributed by atoms with Gasteiger partial charge in [-0.05, 0) is 49.1 Å². The molecule has 1 saturated heterocycles. The number of ether oxygens (including phenoxy) is 1. The Balaban J connectivity index is 1.46. The Hall–Kier alpha value is -2.91. The number of carbonyl (C=O) groups is 2. The summed E-state index contributed by atoms with van der Waals surface area (Å²) >= 11 is 0. The van der Waals surface area contributed by atoms with Gasteiger partial charge in [-0.15, -0.1) is 0 Å². The zero-order valence-electron chi connectivity index (χ0n) is 17.9. The summed E-state index contributed by atoms with van der Waals surface area (Å²) in [5.41, 5.74) is 2.41. The molecular formula is C23H25N3O5S. The normalized spacial score (nSPS) is 20.6. The van der Waals surface area contributed by atoms with E-state index in [2.05, 4.69) is 0 Å². The van der Waals surface area contributed by atoms with Gasteiger partial charge in [0.1, 0.15) is 18.4 Å². The van der Waals surface area contributed by atoms with Gasteiger partial charge in [0.2, 0.25) is 21.8 Å². The van der Waals surface area contributed by atoms with Crippen LogP contribution in [0.5, 0.6) is 5.75 Å². The molecule has 9 heteroatoms. The van der Waals surface area contributed by atoms with Crippen molar-refractivity contribution in [3.8, 4) is 5.75 Å². The molecule has 2 aromatic carbocycles. The molecule has 0 unspecified atom stereocenters. The second kappa shape index (κ2) is 7.90. The van der Waals surface area contributed by atoms with Crippen molar-refractivity contribution in [2.24, 2.45) is 0 Å². The van der Waals surface area contributed by atoms with Crippen molar-refractivity contribution in [3.05, 3.63) is 48.0 Å². The number of amides is 2. The Morgan fingerprint density at radius 1 is 1.00 bits per heavy atom. The predicted molar refractivity (Wildman–Crippen MR) is 119 cm³/mol. The summed E-state index contributed by atoms with van der Waals surface area (Å²) < 4.78 is 34.1. The third-order valence-electron chi connectivity index (χ3n) is 6.42. The van der Waals surface area contributed by atoms with Crippen molar-refractivity contribution >= 4 is 33.2 Å². The van der Waals surface area contributed by atoms with E-state index in [1.165, 1.54) is 28.3 Å². The van der Waals surface area contributed by atoms with Crippen LogP contribution in [0.15, 0.2) is 47.4 Å². The van der Waals surface area contributed by atoms with Crippen LogP contribution in [0.4, 0.5) is 11.4 Å². The average Bonchev–Trinajstić information content (AvgIpc) is 3.45. The van der Waals surface area contributed by atoms with E-state index in [0.29, 0.717) is 44.0 Å².